The van der Waals surface area contributed by atoms with Crippen LogP contribution in [0.15, 0.2) is 77.3 Å². The second-order valence-corrected chi connectivity index (χ2v) is 7.95. The van der Waals surface area contributed by atoms with Crippen LogP contribution in [0.5, 0.6) is 0 Å². The van der Waals surface area contributed by atoms with E-state index >= 15 is 0 Å². The van der Waals surface area contributed by atoms with Gasteiger partial charge in [-0.2, -0.15) is 5.10 Å². The predicted octanol–water partition coefficient (Wildman–Crippen LogP) is 5.09. The van der Waals surface area contributed by atoms with E-state index in [9.17, 15) is 4.79 Å². The van der Waals surface area contributed by atoms with E-state index in [4.69, 9.17) is 9.40 Å². The van der Waals surface area contributed by atoms with Gasteiger partial charge in [-0.05, 0) is 19.9 Å². The van der Waals surface area contributed by atoms with E-state index in [-0.39, 0.29) is 5.91 Å². The third kappa shape index (κ3) is 3.89. The molecule has 0 aliphatic rings. The van der Waals surface area contributed by atoms with Gasteiger partial charge in [0.2, 0.25) is 5.89 Å². The zero-order valence-electron chi connectivity index (χ0n) is 18.6. The molecule has 0 aliphatic heterocycles. The fourth-order valence-electron chi connectivity index (χ4n) is 3.94. The van der Waals surface area contributed by atoms with Crippen LogP contribution in [0.3, 0.4) is 0 Å². The molecule has 0 saturated heterocycles. The Labute approximate surface area is 191 Å². The number of nitrogens with one attached hydrogen (secondary N) is 1. The molecular formula is C26H23N5O2. The van der Waals surface area contributed by atoms with Crippen molar-refractivity contribution in [3.8, 4) is 22.6 Å². The highest BCUT2D eigenvalue weighted by atomic mass is 16.4. The van der Waals surface area contributed by atoms with Crippen molar-refractivity contribution in [1.82, 2.24) is 25.1 Å². The first-order valence-electron chi connectivity index (χ1n) is 10.7. The Hall–Kier alpha value is -4.26. The number of benzene rings is 2. The lowest BCUT2D eigenvalue weighted by molar-refractivity contribution is 0.0936. The van der Waals surface area contributed by atoms with Crippen LogP contribution in [-0.4, -0.2) is 25.7 Å². The van der Waals surface area contributed by atoms with Gasteiger partial charge in [-0.3, -0.25) is 9.48 Å². The van der Waals surface area contributed by atoms with E-state index in [0.717, 1.165) is 22.2 Å². The molecule has 3 aromatic heterocycles. The number of hydrogen-bond acceptors (Lipinski definition) is 5. The summed E-state index contributed by atoms with van der Waals surface area (Å²) in [4.78, 5) is 22.6. The Morgan fingerprint density at radius 1 is 1.03 bits per heavy atom. The Kier molecular flexibility index (Phi) is 5.22. The number of carbonyl (C=O) groups excluding carboxylic acids is 1. The third-order valence-corrected chi connectivity index (χ3v) is 5.58. The zero-order valence-corrected chi connectivity index (χ0v) is 18.6. The maximum Gasteiger partial charge on any atom is 0.252 e. The number of rotatable bonds is 5. The van der Waals surface area contributed by atoms with Crippen LogP contribution in [0.2, 0.25) is 0 Å². The Bertz CT molecular complexity index is 1440. The summed E-state index contributed by atoms with van der Waals surface area (Å²) < 4.78 is 7.63. The second-order valence-electron chi connectivity index (χ2n) is 7.95. The molecule has 0 aliphatic carbocycles. The third-order valence-electron chi connectivity index (χ3n) is 5.58. The minimum Gasteiger partial charge on any atom is -0.438 e. The zero-order chi connectivity index (χ0) is 22.9. The van der Waals surface area contributed by atoms with Crippen molar-refractivity contribution in [1.29, 1.82) is 0 Å². The van der Waals surface area contributed by atoms with Crippen LogP contribution in [0.1, 0.15) is 34.9 Å². The highest BCUT2D eigenvalue weighted by Crippen LogP contribution is 2.28. The summed E-state index contributed by atoms with van der Waals surface area (Å²) >= 11 is 0. The Morgan fingerprint density at radius 2 is 1.70 bits per heavy atom. The van der Waals surface area contributed by atoms with Crippen LogP contribution < -0.4 is 5.32 Å². The highest BCUT2D eigenvalue weighted by molar-refractivity contribution is 6.07. The van der Waals surface area contributed by atoms with Crippen LogP contribution >= 0.6 is 0 Å². The van der Waals surface area contributed by atoms with Crippen molar-refractivity contribution in [2.24, 2.45) is 7.05 Å². The van der Waals surface area contributed by atoms with Gasteiger partial charge in [-0.25, -0.2) is 9.97 Å². The van der Waals surface area contributed by atoms with Gasteiger partial charge in [0.25, 0.3) is 5.91 Å². The summed E-state index contributed by atoms with van der Waals surface area (Å²) in [6.07, 6.45) is 1.68. The molecule has 33 heavy (non-hydrogen) atoms. The Balaban J connectivity index is 1.49. The largest absolute Gasteiger partial charge is 0.438 e. The summed E-state index contributed by atoms with van der Waals surface area (Å²) in [6.45, 7) is 3.73. The van der Waals surface area contributed by atoms with Gasteiger partial charge in [0.15, 0.2) is 11.4 Å². The number of hydrogen-bond donors (Lipinski definition) is 1. The average Bonchev–Trinajstić information content (AvgIpc) is 3.45. The number of nitrogens with zero attached hydrogens (tertiary/aromatic N) is 4. The minimum absolute atomic E-state index is 0.234. The highest BCUT2D eigenvalue weighted by Gasteiger charge is 2.22. The smallest absolute Gasteiger partial charge is 0.252 e. The second kappa shape index (κ2) is 8.35. The van der Waals surface area contributed by atoms with Crippen molar-refractivity contribution in [2.45, 2.75) is 19.9 Å². The van der Waals surface area contributed by atoms with Gasteiger partial charge in [-0.15, -0.1) is 0 Å². The molecule has 0 spiro atoms. The molecule has 1 N–H and O–H groups in total. The van der Waals surface area contributed by atoms with Crippen LogP contribution in [0.4, 0.5) is 0 Å². The molecule has 3 heterocycles. The van der Waals surface area contributed by atoms with E-state index in [1.807, 2.05) is 87.6 Å². The number of pyridine rings is 1. The quantitative estimate of drug-likeness (QED) is 0.414. The summed E-state index contributed by atoms with van der Waals surface area (Å²) in [5.41, 5.74) is 4.51. The molecule has 7 nitrogen and oxygen atoms in total. The van der Waals surface area contributed by atoms with E-state index in [0.29, 0.717) is 28.6 Å². The van der Waals surface area contributed by atoms with Gasteiger partial charge in [0.1, 0.15) is 6.04 Å². The molecule has 1 amide bonds. The number of carbonyl (C=O) groups is 1. The first-order chi connectivity index (χ1) is 16.0. The maximum absolute atomic E-state index is 13.4. The van der Waals surface area contributed by atoms with E-state index in [2.05, 4.69) is 15.4 Å². The molecule has 0 bridgehead atoms. The molecule has 5 aromatic rings. The van der Waals surface area contributed by atoms with Gasteiger partial charge in [0.05, 0.1) is 28.5 Å². The molecule has 2 aromatic carbocycles. The number of fused-ring (bicyclic) bond motifs is 1. The minimum atomic E-state index is -0.421. The van der Waals surface area contributed by atoms with Gasteiger partial charge >= 0.3 is 0 Å². The molecule has 0 saturated carbocycles. The lowest BCUT2D eigenvalue weighted by Gasteiger charge is -2.13. The predicted molar refractivity (Wildman–Crippen MR) is 127 cm³/mol. The normalized spacial score (nSPS) is 12.1. The van der Waals surface area contributed by atoms with E-state index in [1.54, 1.807) is 10.9 Å². The standard InChI is InChI=1S/C26H23N5O2/c1-16-23-20(14-21(18-10-6-4-7-11-18)29-24(23)31(3)30-16)25(32)28-17(2)26-27-15-22(33-26)19-12-8-5-9-13-19/h4-15,17H,1-3H3,(H,28,32). The molecular weight excluding hydrogens is 414 g/mol. The van der Waals surface area contributed by atoms with Crippen molar-refractivity contribution in [3.05, 3.63) is 90.1 Å². The van der Waals surface area contributed by atoms with E-state index < -0.39 is 6.04 Å². The molecule has 1 atom stereocenters. The number of aromatic nitrogens is 4. The van der Waals surface area contributed by atoms with Gasteiger partial charge < -0.3 is 9.73 Å². The van der Waals surface area contributed by atoms with E-state index in [1.165, 1.54) is 0 Å². The molecule has 0 radical (unpaired) electrons. The van der Waals surface area contributed by atoms with Crippen molar-refractivity contribution in [3.63, 3.8) is 0 Å². The number of oxazole rings is 1. The summed E-state index contributed by atoms with van der Waals surface area (Å²) in [7, 11) is 1.83. The molecule has 0 fully saturated rings. The molecule has 164 valence electrons. The Morgan fingerprint density at radius 3 is 2.39 bits per heavy atom. The van der Waals surface area contributed by atoms with Crippen molar-refractivity contribution in [2.75, 3.05) is 0 Å². The fraction of sp³-hybridized carbons (Fsp3) is 0.154. The summed E-state index contributed by atoms with van der Waals surface area (Å²) in [5, 5.41) is 8.25. The first-order valence-corrected chi connectivity index (χ1v) is 10.7. The lowest BCUT2D eigenvalue weighted by atomic mass is 10.0. The van der Waals surface area contributed by atoms with Crippen LogP contribution in [0.25, 0.3) is 33.6 Å². The van der Waals surface area contributed by atoms with Crippen LogP contribution in [-0.2, 0) is 7.05 Å². The van der Waals surface area contributed by atoms with Gasteiger partial charge in [0, 0.05) is 18.2 Å². The molecule has 7 heteroatoms. The number of aryl methyl sites for hydroxylation is 2. The van der Waals surface area contributed by atoms with Crippen LogP contribution in [0, 0.1) is 6.92 Å². The molecule has 5 rings (SSSR count). The van der Waals surface area contributed by atoms with Crippen molar-refractivity contribution < 1.29 is 9.21 Å². The maximum atomic E-state index is 13.4. The summed E-state index contributed by atoms with van der Waals surface area (Å²) in [5.74, 6) is 0.869. The first kappa shape index (κ1) is 20.6. The van der Waals surface area contributed by atoms with Crippen molar-refractivity contribution >= 4 is 16.9 Å². The fourth-order valence-corrected chi connectivity index (χ4v) is 3.94. The number of amides is 1. The lowest BCUT2D eigenvalue weighted by Crippen LogP contribution is -2.27. The SMILES string of the molecule is Cc1nn(C)c2nc(-c3ccccc3)cc(C(=O)NC(C)c3ncc(-c4ccccc4)o3)c12. The summed E-state index contributed by atoms with van der Waals surface area (Å²) in [6, 6.07) is 20.9. The molecule has 1 unspecified atom stereocenters. The average molecular weight is 438 g/mol. The topological polar surface area (TPSA) is 85.8 Å². The monoisotopic (exact) mass is 437 g/mol. The van der Waals surface area contributed by atoms with Gasteiger partial charge in [-0.1, -0.05) is 60.7 Å².